The van der Waals surface area contributed by atoms with E-state index in [1.165, 1.54) is 24.2 Å². The molecule has 106 valence electrons. The fraction of sp³-hybridized carbons (Fsp3) is 0.647. The number of benzene rings is 1. The van der Waals surface area contributed by atoms with E-state index in [9.17, 15) is 0 Å². The molecule has 3 unspecified atom stereocenters. The van der Waals surface area contributed by atoms with E-state index >= 15 is 0 Å². The van der Waals surface area contributed by atoms with Crippen LogP contribution in [0.15, 0.2) is 24.3 Å². The molecule has 2 heteroatoms. The maximum atomic E-state index is 3.65. The van der Waals surface area contributed by atoms with E-state index < -0.39 is 0 Å². The number of likely N-dealkylation sites (N-methyl/N-ethyl adjacent to an activating group) is 1. The molecular weight excluding hydrogens is 232 g/mol. The summed E-state index contributed by atoms with van der Waals surface area (Å²) in [5.74, 6) is 1.67. The van der Waals surface area contributed by atoms with Gasteiger partial charge in [-0.1, -0.05) is 45.0 Å². The van der Waals surface area contributed by atoms with Crippen molar-refractivity contribution in [3.8, 4) is 0 Å². The summed E-state index contributed by atoms with van der Waals surface area (Å²) in [5, 5.41) is 3.65. The largest absolute Gasteiger partial charge is 0.309 e. The highest BCUT2D eigenvalue weighted by molar-refractivity contribution is 5.29. The van der Waals surface area contributed by atoms with Crippen LogP contribution >= 0.6 is 0 Å². The second-order valence-electron chi connectivity index (χ2n) is 6.14. The molecule has 2 nitrogen and oxygen atoms in total. The average molecular weight is 260 g/mol. The van der Waals surface area contributed by atoms with E-state index in [2.05, 4.69) is 62.2 Å². The van der Waals surface area contributed by atoms with Gasteiger partial charge < -0.3 is 10.2 Å². The van der Waals surface area contributed by atoms with Crippen LogP contribution in [0, 0.1) is 18.8 Å². The van der Waals surface area contributed by atoms with Crippen molar-refractivity contribution < 1.29 is 0 Å². The molecule has 1 fully saturated rings. The molecule has 0 amide bonds. The minimum atomic E-state index is 0.462. The van der Waals surface area contributed by atoms with Crippen molar-refractivity contribution in [2.24, 2.45) is 11.8 Å². The predicted octanol–water partition coefficient (Wildman–Crippen LogP) is 3.23. The predicted molar refractivity (Wildman–Crippen MR) is 82.4 cm³/mol. The lowest BCUT2D eigenvalue weighted by molar-refractivity contribution is 0.282. The third-order valence-corrected chi connectivity index (χ3v) is 4.52. The quantitative estimate of drug-likeness (QED) is 0.874. The van der Waals surface area contributed by atoms with Crippen molar-refractivity contribution in [2.45, 2.75) is 33.7 Å². The maximum absolute atomic E-state index is 3.65. The van der Waals surface area contributed by atoms with Crippen LogP contribution in [0.3, 0.4) is 0 Å². The normalized spacial score (nSPS) is 25.7. The number of nitrogens with one attached hydrogen (secondary N) is 1. The molecule has 1 N–H and O–H groups in total. The van der Waals surface area contributed by atoms with Crippen LogP contribution in [0.25, 0.3) is 0 Å². The molecule has 0 aliphatic carbocycles. The van der Waals surface area contributed by atoms with Gasteiger partial charge in [0.2, 0.25) is 0 Å². The first-order valence-corrected chi connectivity index (χ1v) is 7.63. The van der Waals surface area contributed by atoms with E-state index in [0.717, 1.165) is 24.9 Å². The van der Waals surface area contributed by atoms with Gasteiger partial charge in [0.1, 0.15) is 0 Å². The minimum Gasteiger partial charge on any atom is -0.309 e. The first-order valence-electron chi connectivity index (χ1n) is 7.63. The summed E-state index contributed by atoms with van der Waals surface area (Å²) in [4.78, 5) is 2.62. The van der Waals surface area contributed by atoms with Crippen LogP contribution in [0.2, 0.25) is 0 Å². The van der Waals surface area contributed by atoms with Crippen LogP contribution in [0.4, 0.5) is 0 Å². The SMILES string of the molecule is CCNC(CN1CC(C)C(C)C1)c1ccccc1C. The van der Waals surface area contributed by atoms with Gasteiger partial charge in [-0.25, -0.2) is 0 Å². The first kappa shape index (κ1) is 14.5. The minimum absolute atomic E-state index is 0.462. The van der Waals surface area contributed by atoms with Crippen LogP contribution in [0.1, 0.15) is 37.9 Å². The molecule has 0 aromatic heterocycles. The summed E-state index contributed by atoms with van der Waals surface area (Å²) in [6.07, 6.45) is 0. The lowest BCUT2D eigenvalue weighted by Gasteiger charge is -2.26. The third kappa shape index (κ3) is 3.58. The topological polar surface area (TPSA) is 15.3 Å². The molecular formula is C17H28N2. The summed E-state index contributed by atoms with van der Waals surface area (Å²) < 4.78 is 0. The van der Waals surface area contributed by atoms with E-state index in [0.29, 0.717) is 6.04 Å². The molecule has 1 aliphatic heterocycles. The van der Waals surface area contributed by atoms with Gasteiger partial charge in [0, 0.05) is 25.7 Å². The standard InChI is InChI=1S/C17H28N2/c1-5-18-17(16-9-7-6-8-13(16)2)12-19-10-14(3)15(4)11-19/h6-9,14-15,17-18H,5,10-12H2,1-4H3. The number of rotatable bonds is 5. The highest BCUT2D eigenvalue weighted by atomic mass is 15.2. The fourth-order valence-electron chi connectivity index (χ4n) is 3.15. The van der Waals surface area contributed by atoms with E-state index in [1.54, 1.807) is 0 Å². The molecule has 1 aliphatic rings. The summed E-state index contributed by atoms with van der Waals surface area (Å²) >= 11 is 0. The lowest BCUT2D eigenvalue weighted by Crippen LogP contribution is -2.34. The van der Waals surface area contributed by atoms with Crippen LogP contribution in [0.5, 0.6) is 0 Å². The summed E-state index contributed by atoms with van der Waals surface area (Å²) in [6, 6.07) is 9.23. The Balaban J connectivity index is 2.07. The Hall–Kier alpha value is -0.860. The zero-order chi connectivity index (χ0) is 13.8. The van der Waals surface area contributed by atoms with Crippen LogP contribution in [-0.2, 0) is 0 Å². The molecule has 2 rings (SSSR count). The molecule has 0 radical (unpaired) electrons. The average Bonchev–Trinajstić information content (AvgIpc) is 2.68. The zero-order valence-electron chi connectivity index (χ0n) is 12.8. The van der Waals surface area contributed by atoms with Gasteiger partial charge in [0.05, 0.1) is 0 Å². The van der Waals surface area contributed by atoms with Crippen LogP contribution < -0.4 is 5.32 Å². The summed E-state index contributed by atoms with van der Waals surface area (Å²) in [7, 11) is 0. The van der Waals surface area contributed by atoms with Crippen molar-refractivity contribution in [2.75, 3.05) is 26.2 Å². The van der Waals surface area contributed by atoms with Gasteiger partial charge in [-0.05, 0) is 36.4 Å². The van der Waals surface area contributed by atoms with Gasteiger partial charge in [-0.2, -0.15) is 0 Å². The fourth-order valence-corrected chi connectivity index (χ4v) is 3.15. The van der Waals surface area contributed by atoms with Crippen molar-refractivity contribution in [3.63, 3.8) is 0 Å². The molecule has 0 saturated carbocycles. The summed E-state index contributed by atoms with van der Waals surface area (Å²) in [5.41, 5.74) is 2.85. The molecule has 1 saturated heterocycles. The van der Waals surface area contributed by atoms with Gasteiger partial charge in [-0.15, -0.1) is 0 Å². The second kappa shape index (κ2) is 6.53. The number of hydrogen-bond acceptors (Lipinski definition) is 2. The van der Waals surface area contributed by atoms with Crippen molar-refractivity contribution >= 4 is 0 Å². The molecule has 19 heavy (non-hydrogen) atoms. The molecule has 0 bridgehead atoms. The molecule has 1 heterocycles. The van der Waals surface area contributed by atoms with Crippen LogP contribution in [-0.4, -0.2) is 31.1 Å². The van der Waals surface area contributed by atoms with Gasteiger partial charge in [0.15, 0.2) is 0 Å². The Morgan fingerprint density at radius 2 is 1.84 bits per heavy atom. The molecule has 1 aromatic carbocycles. The summed E-state index contributed by atoms with van der Waals surface area (Å²) in [6.45, 7) is 13.8. The Bertz CT molecular complexity index is 392. The Labute approximate surface area is 118 Å². The Morgan fingerprint density at radius 1 is 1.21 bits per heavy atom. The van der Waals surface area contributed by atoms with Gasteiger partial charge >= 0.3 is 0 Å². The van der Waals surface area contributed by atoms with Gasteiger partial charge in [0.25, 0.3) is 0 Å². The highest BCUT2D eigenvalue weighted by Crippen LogP contribution is 2.25. The zero-order valence-corrected chi connectivity index (χ0v) is 12.8. The second-order valence-corrected chi connectivity index (χ2v) is 6.14. The van der Waals surface area contributed by atoms with E-state index in [-0.39, 0.29) is 0 Å². The lowest BCUT2D eigenvalue weighted by atomic mass is 10.0. The number of likely N-dealkylation sites (tertiary alicyclic amines) is 1. The van der Waals surface area contributed by atoms with E-state index in [1.807, 2.05) is 0 Å². The smallest absolute Gasteiger partial charge is 0.0451 e. The number of hydrogen-bond donors (Lipinski definition) is 1. The van der Waals surface area contributed by atoms with Crippen molar-refractivity contribution in [3.05, 3.63) is 35.4 Å². The van der Waals surface area contributed by atoms with E-state index in [4.69, 9.17) is 0 Å². The Morgan fingerprint density at radius 3 is 2.42 bits per heavy atom. The van der Waals surface area contributed by atoms with Crippen molar-refractivity contribution in [1.29, 1.82) is 0 Å². The van der Waals surface area contributed by atoms with Gasteiger partial charge in [-0.3, -0.25) is 0 Å². The third-order valence-electron chi connectivity index (χ3n) is 4.52. The monoisotopic (exact) mass is 260 g/mol. The van der Waals surface area contributed by atoms with Crippen molar-refractivity contribution in [1.82, 2.24) is 10.2 Å². The number of nitrogens with zero attached hydrogens (tertiary/aromatic N) is 1. The number of aryl methyl sites for hydroxylation is 1. The first-order chi connectivity index (χ1) is 9.11. The maximum Gasteiger partial charge on any atom is 0.0451 e. The molecule has 1 aromatic rings. The highest BCUT2D eigenvalue weighted by Gasteiger charge is 2.28. The molecule has 0 spiro atoms. The molecule has 3 atom stereocenters. The Kier molecular flexibility index (Phi) is 5.00.